The molecular weight excluding hydrogens is 266 g/mol. The summed E-state index contributed by atoms with van der Waals surface area (Å²) in [5.41, 5.74) is 2.86. The predicted molar refractivity (Wildman–Crippen MR) is 84.4 cm³/mol. The second kappa shape index (κ2) is 6.16. The zero-order chi connectivity index (χ0) is 15.6. The maximum atomic E-state index is 11.9. The van der Waals surface area contributed by atoms with Crippen LogP contribution in [0, 0.1) is 18.8 Å². The third-order valence-corrected chi connectivity index (χ3v) is 3.87. The fourth-order valence-corrected chi connectivity index (χ4v) is 2.25. The van der Waals surface area contributed by atoms with E-state index in [0.29, 0.717) is 5.92 Å². The summed E-state index contributed by atoms with van der Waals surface area (Å²) in [5, 5.41) is 5.51. The average molecular weight is 289 g/mol. The molecule has 1 aliphatic carbocycles. The number of benzene rings is 1. The number of anilines is 2. The second-order valence-electron chi connectivity index (χ2n) is 5.98. The largest absolute Gasteiger partial charge is 0.378 e. The van der Waals surface area contributed by atoms with E-state index in [1.807, 2.05) is 51.0 Å². The lowest BCUT2D eigenvalue weighted by molar-refractivity contribution is -0.125. The van der Waals surface area contributed by atoms with Crippen molar-refractivity contribution in [2.24, 2.45) is 11.8 Å². The maximum absolute atomic E-state index is 11.9. The third kappa shape index (κ3) is 3.97. The predicted octanol–water partition coefficient (Wildman–Crippen LogP) is 1.77. The standard InChI is InChI=1S/C16H23N3O2/c1-10-8-13(10)16(21)17-9-15(20)18-14-6-5-12(19(3)4)7-11(14)2/h5-7,10,13H,8-9H2,1-4H3,(H,17,21)(H,18,20)/t10-,13+/m1/s1. The van der Waals surface area contributed by atoms with E-state index in [1.54, 1.807) is 0 Å². The van der Waals surface area contributed by atoms with E-state index in [2.05, 4.69) is 10.6 Å². The Hall–Kier alpha value is -2.04. The van der Waals surface area contributed by atoms with Crippen molar-refractivity contribution in [3.63, 3.8) is 0 Å². The first-order chi connectivity index (χ1) is 9.88. The molecule has 0 heterocycles. The van der Waals surface area contributed by atoms with Crippen LogP contribution >= 0.6 is 0 Å². The Morgan fingerprint density at radius 2 is 2.00 bits per heavy atom. The first kappa shape index (κ1) is 15.4. The van der Waals surface area contributed by atoms with Crippen molar-refractivity contribution in [3.05, 3.63) is 23.8 Å². The highest BCUT2D eigenvalue weighted by molar-refractivity contribution is 5.95. The highest BCUT2D eigenvalue weighted by Gasteiger charge is 2.38. The molecule has 2 atom stereocenters. The van der Waals surface area contributed by atoms with E-state index in [9.17, 15) is 9.59 Å². The van der Waals surface area contributed by atoms with Crippen molar-refractivity contribution in [2.75, 3.05) is 30.9 Å². The first-order valence-electron chi connectivity index (χ1n) is 7.24. The van der Waals surface area contributed by atoms with Crippen LogP contribution in [-0.4, -0.2) is 32.5 Å². The zero-order valence-corrected chi connectivity index (χ0v) is 13.1. The molecule has 2 amide bonds. The summed E-state index contributed by atoms with van der Waals surface area (Å²) >= 11 is 0. The van der Waals surface area contributed by atoms with Gasteiger partial charge in [-0.1, -0.05) is 6.92 Å². The van der Waals surface area contributed by atoms with Crippen molar-refractivity contribution in [1.29, 1.82) is 0 Å². The van der Waals surface area contributed by atoms with Crippen LogP contribution in [0.4, 0.5) is 11.4 Å². The summed E-state index contributed by atoms with van der Waals surface area (Å²) in [7, 11) is 3.95. The summed E-state index contributed by atoms with van der Waals surface area (Å²) in [6.07, 6.45) is 0.929. The van der Waals surface area contributed by atoms with Crippen LogP contribution in [0.25, 0.3) is 0 Å². The molecule has 1 fully saturated rings. The molecule has 114 valence electrons. The summed E-state index contributed by atoms with van der Waals surface area (Å²) in [6.45, 7) is 4.02. The van der Waals surface area contributed by atoms with Gasteiger partial charge in [0.05, 0.1) is 6.54 Å². The van der Waals surface area contributed by atoms with E-state index in [1.165, 1.54) is 0 Å². The lowest BCUT2D eigenvalue weighted by Crippen LogP contribution is -2.34. The Bertz CT molecular complexity index is 554. The Kier molecular flexibility index (Phi) is 4.50. The minimum atomic E-state index is -0.197. The second-order valence-corrected chi connectivity index (χ2v) is 5.98. The van der Waals surface area contributed by atoms with Crippen molar-refractivity contribution in [3.8, 4) is 0 Å². The van der Waals surface area contributed by atoms with Crippen LogP contribution in [0.1, 0.15) is 18.9 Å². The molecule has 2 rings (SSSR count). The molecule has 0 radical (unpaired) electrons. The van der Waals surface area contributed by atoms with Gasteiger partial charge in [-0.25, -0.2) is 0 Å². The molecular formula is C16H23N3O2. The minimum absolute atomic E-state index is 0.0164. The molecule has 1 aliphatic rings. The molecule has 0 spiro atoms. The van der Waals surface area contributed by atoms with Crippen molar-refractivity contribution in [1.82, 2.24) is 5.32 Å². The fourth-order valence-electron chi connectivity index (χ4n) is 2.25. The normalized spacial score (nSPS) is 19.8. The number of amides is 2. The maximum Gasteiger partial charge on any atom is 0.243 e. The Morgan fingerprint density at radius 3 is 2.52 bits per heavy atom. The quantitative estimate of drug-likeness (QED) is 0.868. The van der Waals surface area contributed by atoms with Gasteiger partial charge in [0.25, 0.3) is 0 Å². The van der Waals surface area contributed by atoms with Gasteiger partial charge >= 0.3 is 0 Å². The Labute approximate surface area is 125 Å². The highest BCUT2D eigenvalue weighted by Crippen LogP contribution is 2.37. The molecule has 0 bridgehead atoms. The van der Waals surface area contributed by atoms with E-state index in [0.717, 1.165) is 23.4 Å². The van der Waals surface area contributed by atoms with Crippen molar-refractivity contribution >= 4 is 23.2 Å². The molecule has 0 aromatic heterocycles. The van der Waals surface area contributed by atoms with Gasteiger partial charge in [-0.2, -0.15) is 0 Å². The van der Waals surface area contributed by atoms with E-state index in [-0.39, 0.29) is 24.3 Å². The minimum Gasteiger partial charge on any atom is -0.378 e. The third-order valence-electron chi connectivity index (χ3n) is 3.87. The van der Waals surface area contributed by atoms with Gasteiger partial charge in [0, 0.05) is 31.4 Å². The number of aryl methyl sites for hydroxylation is 1. The number of carbonyl (C=O) groups is 2. The van der Waals surface area contributed by atoms with E-state index >= 15 is 0 Å². The summed E-state index contributed by atoms with van der Waals surface area (Å²) in [4.78, 5) is 25.5. The number of hydrogen-bond donors (Lipinski definition) is 2. The van der Waals surface area contributed by atoms with Crippen LogP contribution in [0.5, 0.6) is 0 Å². The van der Waals surface area contributed by atoms with Gasteiger partial charge in [0.2, 0.25) is 11.8 Å². The molecule has 0 aliphatic heterocycles. The average Bonchev–Trinajstić information content (AvgIpc) is 3.15. The number of carbonyl (C=O) groups excluding carboxylic acids is 2. The Morgan fingerprint density at radius 1 is 1.33 bits per heavy atom. The van der Waals surface area contributed by atoms with Crippen LogP contribution in [0.2, 0.25) is 0 Å². The van der Waals surface area contributed by atoms with Crippen LogP contribution in [-0.2, 0) is 9.59 Å². The van der Waals surface area contributed by atoms with Gasteiger partial charge in [0.15, 0.2) is 0 Å². The van der Waals surface area contributed by atoms with Crippen LogP contribution < -0.4 is 15.5 Å². The lowest BCUT2D eigenvalue weighted by Gasteiger charge is -2.15. The van der Waals surface area contributed by atoms with Gasteiger partial charge in [-0.3, -0.25) is 9.59 Å². The Balaban J connectivity index is 1.86. The molecule has 21 heavy (non-hydrogen) atoms. The molecule has 2 N–H and O–H groups in total. The number of nitrogens with one attached hydrogen (secondary N) is 2. The summed E-state index contributed by atoms with van der Waals surface area (Å²) in [6, 6.07) is 5.85. The summed E-state index contributed by atoms with van der Waals surface area (Å²) < 4.78 is 0. The van der Waals surface area contributed by atoms with E-state index < -0.39 is 0 Å². The number of hydrogen-bond acceptors (Lipinski definition) is 3. The molecule has 1 saturated carbocycles. The zero-order valence-electron chi connectivity index (χ0n) is 13.1. The number of nitrogens with zero attached hydrogens (tertiary/aromatic N) is 1. The molecule has 0 unspecified atom stereocenters. The van der Waals surface area contributed by atoms with Crippen LogP contribution in [0.3, 0.4) is 0 Å². The number of rotatable bonds is 5. The molecule has 1 aromatic carbocycles. The summed E-state index contributed by atoms with van der Waals surface area (Å²) in [5.74, 6) is 0.336. The molecule has 5 nitrogen and oxygen atoms in total. The molecule has 0 saturated heterocycles. The highest BCUT2D eigenvalue weighted by atomic mass is 16.2. The van der Waals surface area contributed by atoms with Crippen molar-refractivity contribution < 1.29 is 9.59 Å². The topological polar surface area (TPSA) is 61.4 Å². The van der Waals surface area contributed by atoms with E-state index in [4.69, 9.17) is 0 Å². The first-order valence-corrected chi connectivity index (χ1v) is 7.24. The lowest BCUT2D eigenvalue weighted by atomic mass is 10.1. The van der Waals surface area contributed by atoms with Crippen LogP contribution in [0.15, 0.2) is 18.2 Å². The van der Waals surface area contributed by atoms with Gasteiger partial charge in [0.1, 0.15) is 0 Å². The smallest absolute Gasteiger partial charge is 0.243 e. The molecule has 1 aromatic rings. The van der Waals surface area contributed by atoms with Gasteiger partial charge in [-0.05, 0) is 43.0 Å². The monoisotopic (exact) mass is 289 g/mol. The van der Waals surface area contributed by atoms with Gasteiger partial charge < -0.3 is 15.5 Å². The SMILES string of the molecule is Cc1cc(N(C)C)ccc1NC(=O)CNC(=O)[C@H]1C[C@H]1C. The van der Waals surface area contributed by atoms with Gasteiger partial charge in [-0.15, -0.1) is 0 Å². The fraction of sp³-hybridized carbons (Fsp3) is 0.500. The molecule has 5 heteroatoms. The van der Waals surface area contributed by atoms with Crippen molar-refractivity contribution in [2.45, 2.75) is 20.3 Å².